The molecule has 0 fully saturated rings. The van der Waals surface area contributed by atoms with Crippen LogP contribution >= 0.6 is 11.6 Å². The van der Waals surface area contributed by atoms with Crippen LogP contribution in [0.25, 0.3) is 0 Å². The number of ether oxygens (including phenoxy) is 1. The minimum Gasteiger partial charge on any atom is -0.456 e. The van der Waals surface area contributed by atoms with Gasteiger partial charge >= 0.3 is 5.97 Å². The van der Waals surface area contributed by atoms with E-state index in [9.17, 15) is 4.79 Å². The highest BCUT2D eigenvalue weighted by atomic mass is 35.5. The fourth-order valence-electron chi connectivity index (χ4n) is 2.72. The number of hydrogen-bond donors (Lipinski definition) is 3. The van der Waals surface area contributed by atoms with E-state index in [0.717, 1.165) is 5.56 Å². The lowest BCUT2D eigenvalue weighted by atomic mass is 9.92. The average Bonchev–Trinajstić information content (AvgIpc) is 2.54. The molecule has 0 amide bonds. The molecular formula is C19H24ClN3O3. The van der Waals surface area contributed by atoms with E-state index in [1.165, 1.54) is 0 Å². The molecule has 0 bridgehead atoms. The molecule has 2 rings (SSSR count). The number of rotatable bonds is 5. The monoisotopic (exact) mass is 377 g/mol. The third-order valence-electron chi connectivity index (χ3n) is 3.76. The number of esters is 1. The van der Waals surface area contributed by atoms with Gasteiger partial charge in [0.25, 0.3) is 0 Å². The summed E-state index contributed by atoms with van der Waals surface area (Å²) in [6.45, 7) is 5.41. The second kappa shape index (κ2) is 8.05. The maximum Gasteiger partial charge on any atom is 0.341 e. The third-order valence-corrected chi connectivity index (χ3v) is 3.99. The average molecular weight is 378 g/mol. The smallest absolute Gasteiger partial charge is 0.341 e. The minimum absolute atomic E-state index is 0.0649. The van der Waals surface area contributed by atoms with Crippen molar-refractivity contribution in [2.45, 2.75) is 39.0 Å². The van der Waals surface area contributed by atoms with Crippen LogP contribution in [-0.2, 0) is 16.1 Å². The first-order valence-corrected chi connectivity index (χ1v) is 8.51. The Hall–Kier alpha value is -2.12. The van der Waals surface area contributed by atoms with Crippen molar-refractivity contribution in [1.82, 2.24) is 0 Å². The fourth-order valence-corrected chi connectivity index (χ4v) is 2.92. The number of halogens is 1. The zero-order valence-corrected chi connectivity index (χ0v) is 15.8. The van der Waals surface area contributed by atoms with Crippen molar-refractivity contribution in [2.75, 3.05) is 5.73 Å². The highest BCUT2D eigenvalue weighted by molar-refractivity contribution is 6.30. The number of anilines is 1. The normalized spacial score (nSPS) is 12.7. The van der Waals surface area contributed by atoms with Gasteiger partial charge in [-0.25, -0.2) is 10.7 Å². The Morgan fingerprint density at radius 1 is 1.23 bits per heavy atom. The van der Waals surface area contributed by atoms with Crippen LogP contribution in [0.1, 0.15) is 53.9 Å². The van der Waals surface area contributed by atoms with E-state index in [4.69, 9.17) is 38.5 Å². The van der Waals surface area contributed by atoms with Gasteiger partial charge in [-0.1, -0.05) is 29.8 Å². The number of carbonyl (C=O) groups is 1. The van der Waals surface area contributed by atoms with E-state index in [1.807, 2.05) is 6.07 Å². The molecule has 26 heavy (non-hydrogen) atoms. The van der Waals surface area contributed by atoms with Gasteiger partial charge in [-0.05, 0) is 55.7 Å². The van der Waals surface area contributed by atoms with Crippen molar-refractivity contribution >= 4 is 23.3 Å². The summed E-state index contributed by atoms with van der Waals surface area (Å²) < 4.78 is 5.47. The van der Waals surface area contributed by atoms with Gasteiger partial charge in [0.1, 0.15) is 11.7 Å². The maximum absolute atomic E-state index is 12.7. The molecule has 1 unspecified atom stereocenters. The van der Waals surface area contributed by atoms with Gasteiger partial charge in [-0.3, -0.25) is 4.84 Å². The molecule has 0 spiro atoms. The van der Waals surface area contributed by atoms with Crippen LogP contribution in [-0.4, -0.2) is 11.6 Å². The third kappa shape index (κ3) is 4.53. The van der Waals surface area contributed by atoms with Crippen molar-refractivity contribution in [3.63, 3.8) is 0 Å². The first-order chi connectivity index (χ1) is 12.2. The van der Waals surface area contributed by atoms with Gasteiger partial charge in [-0.2, -0.15) is 0 Å². The largest absolute Gasteiger partial charge is 0.456 e. The lowest BCUT2D eigenvalue weighted by Crippen LogP contribution is -2.26. The molecule has 2 aromatic carbocycles. The molecule has 6 nitrogen and oxygen atoms in total. The topological polar surface area (TPSA) is 114 Å². The fraction of sp³-hybridized carbons (Fsp3) is 0.316. The van der Waals surface area contributed by atoms with Crippen LogP contribution in [0.15, 0.2) is 36.4 Å². The van der Waals surface area contributed by atoms with Crippen LogP contribution < -0.4 is 17.4 Å². The molecule has 7 heteroatoms. The number of carbonyl (C=O) groups excluding carboxylic acids is 1. The molecule has 6 N–H and O–H groups in total. The number of nitrogens with two attached hydrogens (primary N) is 3. The summed E-state index contributed by atoms with van der Waals surface area (Å²) in [6, 6.07) is 10.5. The minimum atomic E-state index is -0.665. The first kappa shape index (κ1) is 20.2. The molecule has 2 aromatic rings. The summed E-state index contributed by atoms with van der Waals surface area (Å²) in [7, 11) is 0. The van der Waals surface area contributed by atoms with Crippen molar-refractivity contribution < 1.29 is 14.4 Å². The van der Waals surface area contributed by atoms with Gasteiger partial charge < -0.3 is 16.2 Å². The molecule has 0 saturated carbocycles. The summed E-state index contributed by atoms with van der Waals surface area (Å²) in [4.78, 5) is 17.9. The summed E-state index contributed by atoms with van der Waals surface area (Å²) in [5, 5.41) is 0.543. The number of benzene rings is 2. The molecule has 0 aromatic heterocycles. The molecule has 140 valence electrons. The Morgan fingerprint density at radius 3 is 2.46 bits per heavy atom. The van der Waals surface area contributed by atoms with Crippen molar-refractivity contribution in [3.05, 3.63) is 63.7 Å². The van der Waals surface area contributed by atoms with Crippen LogP contribution in [0, 0.1) is 0 Å². The van der Waals surface area contributed by atoms with Crippen LogP contribution in [0.5, 0.6) is 0 Å². The maximum atomic E-state index is 12.7. The lowest BCUT2D eigenvalue weighted by Gasteiger charge is -2.24. The summed E-state index contributed by atoms with van der Waals surface area (Å²) in [5.74, 6) is 5.00. The molecule has 0 aliphatic rings. The molecule has 0 saturated heterocycles. The van der Waals surface area contributed by atoms with E-state index >= 15 is 0 Å². The number of nitrogen functional groups attached to an aromatic ring is 1. The quantitative estimate of drug-likeness (QED) is 0.418. The van der Waals surface area contributed by atoms with E-state index < -0.39 is 17.7 Å². The van der Waals surface area contributed by atoms with Crippen molar-refractivity contribution in [2.24, 2.45) is 11.6 Å². The van der Waals surface area contributed by atoms with Crippen LogP contribution in [0.4, 0.5) is 5.69 Å². The van der Waals surface area contributed by atoms with E-state index in [-0.39, 0.29) is 17.8 Å². The van der Waals surface area contributed by atoms with Gasteiger partial charge in [-0.15, -0.1) is 0 Å². The van der Waals surface area contributed by atoms with E-state index in [0.29, 0.717) is 16.1 Å². The van der Waals surface area contributed by atoms with E-state index in [1.54, 1.807) is 51.1 Å². The van der Waals surface area contributed by atoms with Crippen LogP contribution in [0.3, 0.4) is 0 Å². The Balaban J connectivity index is 2.59. The van der Waals surface area contributed by atoms with Crippen molar-refractivity contribution in [1.29, 1.82) is 0 Å². The summed E-state index contributed by atoms with van der Waals surface area (Å²) >= 11 is 6.07. The molecule has 1 atom stereocenters. The molecule has 0 radical (unpaired) electrons. The zero-order valence-electron chi connectivity index (χ0n) is 15.1. The SMILES string of the molecule is CC(C)(C)OC(=O)c1c(N)ccc(C(ON)c2cccc(Cl)c2)c1CN. The lowest BCUT2D eigenvalue weighted by molar-refractivity contribution is 0.00689. The predicted molar refractivity (Wildman–Crippen MR) is 102 cm³/mol. The van der Waals surface area contributed by atoms with Gasteiger partial charge in [0, 0.05) is 17.3 Å². The van der Waals surface area contributed by atoms with Gasteiger partial charge in [0.2, 0.25) is 0 Å². The first-order valence-electron chi connectivity index (χ1n) is 8.13. The Bertz CT molecular complexity index is 803. The number of hydrogen-bond acceptors (Lipinski definition) is 6. The van der Waals surface area contributed by atoms with Gasteiger partial charge in [0.05, 0.1) is 5.56 Å². The molecular weight excluding hydrogens is 354 g/mol. The second-order valence-corrected chi connectivity index (χ2v) is 7.31. The molecule has 0 aliphatic carbocycles. The molecule has 0 heterocycles. The van der Waals surface area contributed by atoms with Crippen molar-refractivity contribution in [3.8, 4) is 0 Å². The standard InChI is InChI=1S/C19H24ClN3O3/c1-19(2,3)25-18(24)16-14(10-21)13(7-8-15(16)22)17(26-23)11-5-4-6-12(20)9-11/h4-9,17H,10,21-23H2,1-3H3. The Morgan fingerprint density at radius 2 is 1.92 bits per heavy atom. The molecule has 0 aliphatic heterocycles. The zero-order chi connectivity index (χ0) is 19.5. The van der Waals surface area contributed by atoms with Crippen LogP contribution in [0.2, 0.25) is 5.02 Å². The summed E-state index contributed by atoms with van der Waals surface area (Å²) in [5.41, 5.74) is 13.7. The highest BCUT2D eigenvalue weighted by Gasteiger charge is 2.27. The highest BCUT2D eigenvalue weighted by Crippen LogP contribution is 2.33. The Kier molecular flexibility index (Phi) is 6.26. The Labute approximate surface area is 158 Å². The van der Waals surface area contributed by atoms with E-state index in [2.05, 4.69) is 0 Å². The predicted octanol–water partition coefficient (Wildman–Crippen LogP) is 3.32. The second-order valence-electron chi connectivity index (χ2n) is 6.87. The summed E-state index contributed by atoms with van der Waals surface area (Å²) in [6.07, 6.45) is -0.658. The van der Waals surface area contributed by atoms with Gasteiger partial charge in [0.15, 0.2) is 0 Å².